The Morgan fingerprint density at radius 3 is 2.88 bits per heavy atom. The normalized spacial score (nSPS) is 30.9. The number of hydrogen-bond donors (Lipinski definition) is 1. The second-order valence-electron chi connectivity index (χ2n) is 5.36. The van der Waals surface area contributed by atoms with Gasteiger partial charge in [-0.05, 0) is 25.2 Å². The van der Waals surface area contributed by atoms with E-state index in [1.807, 2.05) is 6.20 Å². The van der Waals surface area contributed by atoms with Gasteiger partial charge in [-0.15, -0.1) is 0 Å². The molecule has 0 spiro atoms. The van der Waals surface area contributed by atoms with E-state index in [2.05, 4.69) is 36.5 Å². The number of imidazole rings is 1. The van der Waals surface area contributed by atoms with E-state index in [1.54, 1.807) is 0 Å². The first-order chi connectivity index (χ1) is 7.59. The van der Waals surface area contributed by atoms with Crippen molar-refractivity contribution in [2.45, 2.75) is 58.1 Å². The summed E-state index contributed by atoms with van der Waals surface area (Å²) in [5.41, 5.74) is 0. The fourth-order valence-corrected chi connectivity index (χ4v) is 2.72. The highest BCUT2D eigenvalue weighted by atomic mass is 16.3. The Morgan fingerprint density at radius 2 is 2.19 bits per heavy atom. The quantitative estimate of drug-likeness (QED) is 0.835. The maximum Gasteiger partial charge on any atom is 0.111 e. The van der Waals surface area contributed by atoms with E-state index in [0.717, 1.165) is 25.1 Å². The van der Waals surface area contributed by atoms with Crippen molar-refractivity contribution in [2.24, 2.45) is 5.92 Å². The molecule has 0 bridgehead atoms. The van der Waals surface area contributed by atoms with Crippen LogP contribution in [-0.2, 0) is 0 Å². The second-order valence-corrected chi connectivity index (χ2v) is 5.36. The first-order valence-electron chi connectivity index (χ1n) is 6.30. The lowest BCUT2D eigenvalue weighted by Crippen LogP contribution is -2.29. The van der Waals surface area contributed by atoms with E-state index in [-0.39, 0.29) is 6.10 Å². The molecule has 1 N–H and O–H groups in total. The van der Waals surface area contributed by atoms with Gasteiger partial charge in [0.2, 0.25) is 0 Å². The second kappa shape index (κ2) is 4.58. The summed E-state index contributed by atoms with van der Waals surface area (Å²) in [6.45, 7) is 6.62. The molecule has 3 heteroatoms. The van der Waals surface area contributed by atoms with Crippen molar-refractivity contribution in [3.05, 3.63) is 18.2 Å². The lowest BCUT2D eigenvalue weighted by atomic mass is 9.84. The molecule has 1 aliphatic carbocycles. The van der Waals surface area contributed by atoms with Gasteiger partial charge in [0, 0.05) is 24.4 Å². The van der Waals surface area contributed by atoms with Gasteiger partial charge in [-0.1, -0.05) is 20.8 Å². The zero-order valence-corrected chi connectivity index (χ0v) is 10.4. The summed E-state index contributed by atoms with van der Waals surface area (Å²) in [6, 6.07) is 0.420. The van der Waals surface area contributed by atoms with Gasteiger partial charge in [0.05, 0.1) is 6.10 Å². The van der Waals surface area contributed by atoms with Crippen LogP contribution in [0.2, 0.25) is 0 Å². The zero-order valence-electron chi connectivity index (χ0n) is 10.4. The topological polar surface area (TPSA) is 38.0 Å². The van der Waals surface area contributed by atoms with Gasteiger partial charge in [-0.25, -0.2) is 4.98 Å². The molecule has 1 saturated carbocycles. The molecular formula is C13H22N2O. The Kier molecular flexibility index (Phi) is 3.33. The van der Waals surface area contributed by atoms with Crippen LogP contribution in [0, 0.1) is 5.92 Å². The van der Waals surface area contributed by atoms with Crippen molar-refractivity contribution >= 4 is 0 Å². The fraction of sp³-hybridized carbons (Fsp3) is 0.769. The summed E-state index contributed by atoms with van der Waals surface area (Å²) in [4.78, 5) is 4.43. The number of aromatic nitrogens is 2. The third-order valence-electron chi connectivity index (χ3n) is 3.70. The summed E-state index contributed by atoms with van der Waals surface area (Å²) in [7, 11) is 0. The Bertz CT molecular complexity index is 345. The number of hydrogen-bond acceptors (Lipinski definition) is 2. The summed E-state index contributed by atoms with van der Waals surface area (Å²) < 4.78 is 2.28. The monoisotopic (exact) mass is 222 g/mol. The van der Waals surface area contributed by atoms with Gasteiger partial charge in [0.25, 0.3) is 0 Å². The van der Waals surface area contributed by atoms with Gasteiger partial charge in [0.15, 0.2) is 0 Å². The van der Waals surface area contributed by atoms with Crippen LogP contribution in [0.15, 0.2) is 12.4 Å². The molecule has 0 radical (unpaired) electrons. The van der Waals surface area contributed by atoms with Crippen LogP contribution in [0.1, 0.15) is 57.8 Å². The Labute approximate surface area is 97.5 Å². The maximum absolute atomic E-state index is 9.79. The maximum atomic E-state index is 9.79. The molecule has 16 heavy (non-hydrogen) atoms. The number of aliphatic hydroxyl groups excluding tert-OH is 1. The third kappa shape index (κ3) is 2.14. The highest BCUT2D eigenvalue weighted by Gasteiger charge is 2.29. The van der Waals surface area contributed by atoms with E-state index in [9.17, 15) is 5.11 Å². The fourth-order valence-electron chi connectivity index (χ4n) is 2.72. The van der Waals surface area contributed by atoms with Crippen molar-refractivity contribution in [3.8, 4) is 0 Å². The largest absolute Gasteiger partial charge is 0.393 e. The van der Waals surface area contributed by atoms with Crippen LogP contribution in [-0.4, -0.2) is 20.8 Å². The molecule has 1 fully saturated rings. The minimum atomic E-state index is -0.136. The molecule has 0 aliphatic heterocycles. The summed E-state index contributed by atoms with van der Waals surface area (Å²) >= 11 is 0. The SMILES string of the molecule is CC(C)c1nccn1C1CC(O)CCC1C. The average molecular weight is 222 g/mol. The summed E-state index contributed by atoms with van der Waals surface area (Å²) in [5, 5.41) is 9.79. The van der Waals surface area contributed by atoms with Crippen molar-refractivity contribution in [1.82, 2.24) is 9.55 Å². The van der Waals surface area contributed by atoms with E-state index in [0.29, 0.717) is 17.9 Å². The zero-order chi connectivity index (χ0) is 11.7. The Balaban J connectivity index is 2.24. The molecule has 3 unspecified atom stereocenters. The number of aliphatic hydroxyl groups is 1. The highest BCUT2D eigenvalue weighted by Crippen LogP contribution is 2.35. The van der Waals surface area contributed by atoms with Crippen molar-refractivity contribution in [2.75, 3.05) is 0 Å². The minimum Gasteiger partial charge on any atom is -0.393 e. The molecule has 3 nitrogen and oxygen atoms in total. The Morgan fingerprint density at radius 1 is 1.44 bits per heavy atom. The standard InChI is InChI=1S/C13H22N2O/c1-9(2)13-14-6-7-15(13)12-8-11(16)5-4-10(12)3/h6-7,9-12,16H,4-5,8H2,1-3H3. The van der Waals surface area contributed by atoms with E-state index in [1.165, 1.54) is 0 Å². The molecular weight excluding hydrogens is 200 g/mol. The lowest BCUT2D eigenvalue weighted by Gasteiger charge is -2.34. The molecule has 2 rings (SSSR count). The summed E-state index contributed by atoms with van der Waals surface area (Å²) in [6.07, 6.45) is 6.74. The van der Waals surface area contributed by atoms with Crippen LogP contribution >= 0.6 is 0 Å². The van der Waals surface area contributed by atoms with Gasteiger partial charge >= 0.3 is 0 Å². The molecule has 1 aromatic heterocycles. The highest BCUT2D eigenvalue weighted by molar-refractivity contribution is 5.01. The van der Waals surface area contributed by atoms with Crippen LogP contribution in [0.5, 0.6) is 0 Å². The molecule has 1 aromatic rings. The molecule has 1 heterocycles. The molecule has 1 aliphatic rings. The van der Waals surface area contributed by atoms with Gasteiger partial charge in [0.1, 0.15) is 5.82 Å². The van der Waals surface area contributed by atoms with E-state index >= 15 is 0 Å². The predicted molar refractivity (Wildman–Crippen MR) is 64.4 cm³/mol. The third-order valence-corrected chi connectivity index (χ3v) is 3.70. The van der Waals surface area contributed by atoms with Crippen LogP contribution in [0.25, 0.3) is 0 Å². The van der Waals surface area contributed by atoms with Crippen molar-refractivity contribution < 1.29 is 5.11 Å². The predicted octanol–water partition coefficient (Wildman–Crippen LogP) is 2.73. The van der Waals surface area contributed by atoms with Crippen LogP contribution < -0.4 is 0 Å². The van der Waals surface area contributed by atoms with Crippen molar-refractivity contribution in [1.29, 1.82) is 0 Å². The minimum absolute atomic E-state index is 0.136. The van der Waals surface area contributed by atoms with Crippen LogP contribution in [0.3, 0.4) is 0 Å². The number of nitrogens with zero attached hydrogens (tertiary/aromatic N) is 2. The van der Waals surface area contributed by atoms with E-state index in [4.69, 9.17) is 0 Å². The average Bonchev–Trinajstić information content (AvgIpc) is 2.70. The first kappa shape index (κ1) is 11.6. The van der Waals surface area contributed by atoms with Crippen LogP contribution in [0.4, 0.5) is 0 Å². The Hall–Kier alpha value is -0.830. The smallest absolute Gasteiger partial charge is 0.111 e. The number of rotatable bonds is 2. The van der Waals surface area contributed by atoms with Gasteiger partial charge in [-0.2, -0.15) is 0 Å². The molecule has 0 amide bonds. The molecule has 0 saturated heterocycles. The lowest BCUT2D eigenvalue weighted by molar-refractivity contribution is 0.0767. The molecule has 3 atom stereocenters. The van der Waals surface area contributed by atoms with Crippen molar-refractivity contribution in [3.63, 3.8) is 0 Å². The van der Waals surface area contributed by atoms with Gasteiger partial charge in [-0.3, -0.25) is 0 Å². The molecule has 0 aromatic carbocycles. The van der Waals surface area contributed by atoms with E-state index < -0.39 is 0 Å². The molecule has 90 valence electrons. The first-order valence-corrected chi connectivity index (χ1v) is 6.30. The van der Waals surface area contributed by atoms with Gasteiger partial charge < -0.3 is 9.67 Å². The summed E-state index contributed by atoms with van der Waals surface area (Å²) in [5.74, 6) is 2.22.